The fourth-order valence-corrected chi connectivity index (χ4v) is 2.81. The van der Waals surface area contributed by atoms with Crippen LogP contribution in [-0.4, -0.2) is 38.0 Å². The van der Waals surface area contributed by atoms with E-state index in [-0.39, 0.29) is 13.4 Å². The topological polar surface area (TPSA) is 51.2 Å². The number of hydrogen-bond donors (Lipinski definition) is 1. The molecule has 0 spiro atoms. The predicted octanol–water partition coefficient (Wildman–Crippen LogP) is 2.64. The van der Waals surface area contributed by atoms with Crippen LogP contribution in [0.5, 0.6) is 17.2 Å². The molecular formula is C18H21NO4. The zero-order valence-electron chi connectivity index (χ0n) is 13.6. The molecule has 0 radical (unpaired) electrons. The summed E-state index contributed by atoms with van der Waals surface area (Å²) in [4.78, 5) is 2.09. The molecule has 0 saturated heterocycles. The fraction of sp³-hybridized carbons (Fsp3) is 0.333. The van der Waals surface area contributed by atoms with Crippen molar-refractivity contribution in [3.05, 3.63) is 41.5 Å². The lowest BCUT2D eigenvalue weighted by Gasteiger charge is -2.16. The van der Waals surface area contributed by atoms with E-state index in [0.717, 1.165) is 28.8 Å². The molecule has 0 aromatic heterocycles. The van der Waals surface area contributed by atoms with Gasteiger partial charge in [0.25, 0.3) is 0 Å². The van der Waals surface area contributed by atoms with E-state index in [2.05, 4.69) is 11.0 Å². The molecule has 0 fully saturated rings. The third-order valence-electron chi connectivity index (χ3n) is 3.82. The predicted molar refractivity (Wildman–Crippen MR) is 87.9 cm³/mol. The summed E-state index contributed by atoms with van der Waals surface area (Å²) in [6.07, 6.45) is 0. The molecule has 23 heavy (non-hydrogen) atoms. The van der Waals surface area contributed by atoms with Crippen molar-refractivity contribution in [2.24, 2.45) is 0 Å². The number of benzene rings is 2. The molecule has 0 bridgehead atoms. The van der Waals surface area contributed by atoms with Crippen LogP contribution in [0, 0.1) is 0 Å². The third kappa shape index (κ3) is 3.11. The quantitative estimate of drug-likeness (QED) is 0.919. The Balaban J connectivity index is 2.07. The molecule has 5 nitrogen and oxygen atoms in total. The molecule has 2 aromatic carbocycles. The minimum atomic E-state index is -0.0335. The van der Waals surface area contributed by atoms with Crippen molar-refractivity contribution in [2.75, 3.05) is 28.0 Å². The van der Waals surface area contributed by atoms with Crippen molar-refractivity contribution in [3.63, 3.8) is 0 Å². The average molecular weight is 315 g/mol. The van der Waals surface area contributed by atoms with Crippen molar-refractivity contribution in [1.29, 1.82) is 0 Å². The number of nitrogens with zero attached hydrogens (tertiary/aromatic N) is 1. The van der Waals surface area contributed by atoms with Crippen LogP contribution in [0.1, 0.15) is 11.1 Å². The Labute approximate surface area is 136 Å². The third-order valence-corrected chi connectivity index (χ3v) is 3.82. The highest BCUT2D eigenvalue weighted by molar-refractivity contribution is 5.77. The van der Waals surface area contributed by atoms with Gasteiger partial charge >= 0.3 is 0 Å². The number of aliphatic hydroxyl groups is 1. The molecule has 122 valence electrons. The normalized spacial score (nSPS) is 12.7. The van der Waals surface area contributed by atoms with Crippen molar-refractivity contribution in [1.82, 2.24) is 4.90 Å². The minimum Gasteiger partial charge on any atom is -0.496 e. The van der Waals surface area contributed by atoms with E-state index in [9.17, 15) is 5.11 Å². The van der Waals surface area contributed by atoms with Crippen LogP contribution >= 0.6 is 0 Å². The average Bonchev–Trinajstić information content (AvgIpc) is 3.00. The molecule has 1 aliphatic rings. The van der Waals surface area contributed by atoms with Gasteiger partial charge in [-0.2, -0.15) is 0 Å². The highest BCUT2D eigenvalue weighted by Gasteiger charge is 2.20. The number of rotatable bonds is 5. The van der Waals surface area contributed by atoms with E-state index >= 15 is 0 Å². The van der Waals surface area contributed by atoms with Gasteiger partial charge < -0.3 is 24.2 Å². The summed E-state index contributed by atoms with van der Waals surface area (Å²) in [5, 5.41) is 9.78. The van der Waals surface area contributed by atoms with Crippen molar-refractivity contribution >= 4 is 0 Å². The van der Waals surface area contributed by atoms with Crippen LogP contribution in [0.25, 0.3) is 11.1 Å². The van der Waals surface area contributed by atoms with E-state index in [4.69, 9.17) is 14.2 Å². The van der Waals surface area contributed by atoms with E-state index in [1.54, 1.807) is 7.11 Å². The summed E-state index contributed by atoms with van der Waals surface area (Å²) in [7, 11) is 5.67. The molecule has 0 saturated carbocycles. The van der Waals surface area contributed by atoms with E-state index in [0.29, 0.717) is 17.2 Å². The summed E-state index contributed by atoms with van der Waals surface area (Å²) in [6, 6.07) is 9.84. The molecule has 0 unspecified atom stereocenters. The lowest BCUT2D eigenvalue weighted by atomic mass is 9.96. The summed E-state index contributed by atoms with van der Waals surface area (Å²) < 4.78 is 16.4. The minimum absolute atomic E-state index is 0.0335. The summed E-state index contributed by atoms with van der Waals surface area (Å²) in [6.45, 7) is 1.01. The van der Waals surface area contributed by atoms with Crippen LogP contribution in [0.3, 0.4) is 0 Å². The molecular weight excluding hydrogens is 294 g/mol. The number of fused-ring (bicyclic) bond motifs is 1. The molecule has 1 N–H and O–H groups in total. The maximum Gasteiger partial charge on any atom is 0.231 e. The van der Waals surface area contributed by atoms with Crippen LogP contribution in [0.15, 0.2) is 30.3 Å². The Hall–Kier alpha value is -2.24. The van der Waals surface area contributed by atoms with Crippen LogP contribution < -0.4 is 14.2 Å². The van der Waals surface area contributed by atoms with Gasteiger partial charge in [-0.25, -0.2) is 0 Å². The standard InChI is InChI=1S/C18H21NO4/c1-19(2)9-12-4-5-14(13(6-12)10-20)15-7-17-18(23-11-22-17)8-16(15)21-3/h4-8,20H,9-11H2,1-3H3. The Morgan fingerprint density at radius 3 is 2.48 bits per heavy atom. The Kier molecular flexibility index (Phi) is 4.41. The molecule has 0 atom stereocenters. The number of aliphatic hydroxyl groups excluding tert-OH is 1. The van der Waals surface area contributed by atoms with Gasteiger partial charge in [0, 0.05) is 18.2 Å². The van der Waals surface area contributed by atoms with Crippen molar-refractivity contribution < 1.29 is 19.3 Å². The first-order chi connectivity index (χ1) is 11.1. The van der Waals surface area contributed by atoms with E-state index in [1.807, 2.05) is 38.4 Å². The van der Waals surface area contributed by atoms with Gasteiger partial charge in [-0.15, -0.1) is 0 Å². The van der Waals surface area contributed by atoms with E-state index < -0.39 is 0 Å². The van der Waals surface area contributed by atoms with Crippen molar-refractivity contribution in [3.8, 4) is 28.4 Å². The van der Waals surface area contributed by atoms with Gasteiger partial charge in [-0.05, 0) is 36.9 Å². The first-order valence-corrected chi connectivity index (χ1v) is 7.47. The first-order valence-electron chi connectivity index (χ1n) is 7.47. The van der Waals surface area contributed by atoms with Gasteiger partial charge in [0.15, 0.2) is 11.5 Å². The molecule has 1 heterocycles. The Morgan fingerprint density at radius 1 is 1.09 bits per heavy atom. The second kappa shape index (κ2) is 6.48. The lowest BCUT2D eigenvalue weighted by Crippen LogP contribution is -2.11. The Morgan fingerprint density at radius 2 is 1.83 bits per heavy atom. The number of hydrogen-bond acceptors (Lipinski definition) is 5. The smallest absolute Gasteiger partial charge is 0.231 e. The zero-order chi connectivity index (χ0) is 16.4. The molecule has 0 aliphatic carbocycles. The number of ether oxygens (including phenoxy) is 3. The van der Waals surface area contributed by atoms with Gasteiger partial charge in [-0.3, -0.25) is 0 Å². The summed E-state index contributed by atoms with van der Waals surface area (Å²) in [5.74, 6) is 2.08. The summed E-state index contributed by atoms with van der Waals surface area (Å²) >= 11 is 0. The zero-order valence-corrected chi connectivity index (χ0v) is 13.6. The van der Waals surface area contributed by atoms with Gasteiger partial charge in [0.05, 0.1) is 13.7 Å². The molecule has 3 rings (SSSR count). The van der Waals surface area contributed by atoms with Crippen molar-refractivity contribution in [2.45, 2.75) is 13.2 Å². The highest BCUT2D eigenvalue weighted by Crippen LogP contribution is 2.43. The molecule has 5 heteroatoms. The Bertz CT molecular complexity index is 712. The largest absolute Gasteiger partial charge is 0.496 e. The highest BCUT2D eigenvalue weighted by atomic mass is 16.7. The van der Waals surface area contributed by atoms with Gasteiger partial charge in [-0.1, -0.05) is 18.2 Å². The number of methoxy groups -OCH3 is 1. The van der Waals surface area contributed by atoms with Gasteiger partial charge in [0.2, 0.25) is 6.79 Å². The monoisotopic (exact) mass is 315 g/mol. The lowest BCUT2D eigenvalue weighted by molar-refractivity contribution is 0.174. The maximum atomic E-state index is 9.78. The van der Waals surface area contributed by atoms with E-state index in [1.165, 1.54) is 0 Å². The van der Waals surface area contributed by atoms with Gasteiger partial charge in [0.1, 0.15) is 5.75 Å². The SMILES string of the molecule is COc1cc2c(cc1-c1ccc(CN(C)C)cc1CO)OCO2. The van der Waals surface area contributed by atoms with Crippen LogP contribution in [-0.2, 0) is 13.2 Å². The molecule has 1 aliphatic heterocycles. The maximum absolute atomic E-state index is 9.78. The molecule has 2 aromatic rings. The summed E-state index contributed by atoms with van der Waals surface area (Å²) in [5.41, 5.74) is 3.84. The van der Waals surface area contributed by atoms with Crippen LogP contribution in [0.4, 0.5) is 0 Å². The first kappa shape index (κ1) is 15.6. The van der Waals surface area contributed by atoms with Crippen LogP contribution in [0.2, 0.25) is 0 Å². The molecule has 0 amide bonds. The second-order valence-electron chi connectivity index (χ2n) is 5.79. The fourth-order valence-electron chi connectivity index (χ4n) is 2.81. The second-order valence-corrected chi connectivity index (χ2v) is 5.79.